The van der Waals surface area contributed by atoms with Gasteiger partial charge in [-0.2, -0.15) is 0 Å². The van der Waals surface area contributed by atoms with Crippen LogP contribution in [0.25, 0.3) is 10.8 Å². The molecule has 31 heavy (non-hydrogen) atoms. The summed E-state index contributed by atoms with van der Waals surface area (Å²) >= 11 is 0. The van der Waals surface area contributed by atoms with Crippen LogP contribution >= 0.6 is 0 Å². The molecule has 0 bridgehead atoms. The number of rotatable bonds is 3. The summed E-state index contributed by atoms with van der Waals surface area (Å²) in [4.78, 5) is 15.4. The summed E-state index contributed by atoms with van der Waals surface area (Å²) in [5, 5.41) is 2.20. The molecule has 152 valence electrons. The summed E-state index contributed by atoms with van der Waals surface area (Å²) < 4.78 is 17.3. The molecule has 0 spiro atoms. The molecule has 0 aliphatic carbocycles. The molecule has 2 heterocycles. The van der Waals surface area contributed by atoms with Crippen molar-refractivity contribution in [1.82, 2.24) is 0 Å². The number of ether oxygens (including phenoxy) is 3. The van der Waals surface area contributed by atoms with E-state index in [4.69, 9.17) is 14.2 Å². The number of fused-ring (bicyclic) bond motifs is 3. The van der Waals surface area contributed by atoms with Crippen molar-refractivity contribution in [3.05, 3.63) is 96.1 Å². The highest BCUT2D eigenvalue weighted by molar-refractivity contribution is 6.01. The maximum absolute atomic E-state index is 13.7. The van der Waals surface area contributed by atoms with Crippen molar-refractivity contribution in [2.45, 2.75) is 12.6 Å². The van der Waals surface area contributed by atoms with Crippen molar-refractivity contribution in [3.63, 3.8) is 0 Å². The van der Waals surface area contributed by atoms with E-state index in [1.807, 2.05) is 78.9 Å². The largest absolute Gasteiger partial charge is 0.473 e. The van der Waals surface area contributed by atoms with E-state index in [1.165, 1.54) is 0 Å². The molecule has 1 amide bonds. The van der Waals surface area contributed by atoms with Gasteiger partial charge in [-0.05, 0) is 22.4 Å². The van der Waals surface area contributed by atoms with E-state index in [0.717, 1.165) is 21.9 Å². The lowest BCUT2D eigenvalue weighted by atomic mass is 10.0. The van der Waals surface area contributed by atoms with Crippen molar-refractivity contribution in [1.29, 1.82) is 0 Å². The van der Waals surface area contributed by atoms with Crippen molar-refractivity contribution in [2.75, 3.05) is 11.7 Å². The molecular weight excluding hydrogens is 390 g/mol. The molecule has 0 saturated heterocycles. The highest BCUT2D eigenvalue weighted by atomic mass is 16.7. The van der Waals surface area contributed by atoms with Crippen molar-refractivity contribution in [3.8, 4) is 17.2 Å². The number of anilines is 1. The molecule has 4 aromatic carbocycles. The minimum Gasteiger partial charge on any atom is -0.473 e. The van der Waals surface area contributed by atoms with Gasteiger partial charge in [0.25, 0.3) is 5.91 Å². The zero-order valence-corrected chi connectivity index (χ0v) is 16.7. The van der Waals surface area contributed by atoms with Gasteiger partial charge < -0.3 is 19.1 Å². The smallest absolute Gasteiger partial charge is 0.273 e. The fourth-order valence-corrected chi connectivity index (χ4v) is 4.17. The molecule has 4 aromatic rings. The molecule has 5 nitrogen and oxygen atoms in total. The first-order chi connectivity index (χ1) is 15.3. The Kier molecular flexibility index (Phi) is 4.06. The van der Waals surface area contributed by atoms with Gasteiger partial charge in [-0.15, -0.1) is 0 Å². The highest BCUT2D eigenvalue weighted by Crippen LogP contribution is 2.47. The quantitative estimate of drug-likeness (QED) is 0.465. The molecule has 2 aliphatic heterocycles. The number of carbonyl (C=O) groups is 1. The third-order valence-electron chi connectivity index (χ3n) is 5.74. The number of amides is 1. The summed E-state index contributed by atoms with van der Waals surface area (Å²) in [6, 6.07) is 27.7. The fraction of sp³-hybridized carbons (Fsp3) is 0.115. The Labute approximate surface area is 179 Å². The van der Waals surface area contributed by atoms with Crippen LogP contribution in [-0.2, 0) is 11.3 Å². The van der Waals surface area contributed by atoms with Gasteiger partial charge >= 0.3 is 0 Å². The van der Waals surface area contributed by atoms with E-state index in [0.29, 0.717) is 29.5 Å². The van der Waals surface area contributed by atoms with Crippen LogP contribution < -0.4 is 19.1 Å². The molecule has 6 rings (SSSR count). The van der Waals surface area contributed by atoms with Gasteiger partial charge in [0.1, 0.15) is 5.75 Å². The maximum Gasteiger partial charge on any atom is 0.273 e. The number of hydrogen-bond acceptors (Lipinski definition) is 4. The summed E-state index contributed by atoms with van der Waals surface area (Å²) in [6.07, 6.45) is -0.735. The predicted octanol–water partition coefficient (Wildman–Crippen LogP) is 5.24. The molecule has 1 unspecified atom stereocenters. The van der Waals surface area contributed by atoms with Crippen LogP contribution in [0.2, 0.25) is 0 Å². The van der Waals surface area contributed by atoms with Gasteiger partial charge in [-0.3, -0.25) is 4.79 Å². The standard InChI is InChI=1S/C26H19NO4/c28-26-25(20-11-10-18-8-4-5-9-19(18)12-20)31-22-14-24-23(29-16-30-24)13-21(22)27(26)15-17-6-2-1-3-7-17/h1-14,25H,15-16H2. The first-order valence-corrected chi connectivity index (χ1v) is 10.2. The molecule has 1 atom stereocenters. The zero-order valence-electron chi connectivity index (χ0n) is 16.7. The Morgan fingerprint density at radius 1 is 0.774 bits per heavy atom. The summed E-state index contributed by atoms with van der Waals surface area (Å²) in [5.74, 6) is 1.76. The van der Waals surface area contributed by atoms with E-state index in [-0.39, 0.29) is 12.7 Å². The minimum absolute atomic E-state index is 0.106. The third-order valence-corrected chi connectivity index (χ3v) is 5.74. The van der Waals surface area contributed by atoms with Gasteiger partial charge in [0.05, 0.1) is 12.2 Å². The van der Waals surface area contributed by atoms with Crippen molar-refractivity contribution < 1.29 is 19.0 Å². The minimum atomic E-state index is -0.735. The maximum atomic E-state index is 13.7. The van der Waals surface area contributed by atoms with Crippen LogP contribution in [-0.4, -0.2) is 12.7 Å². The normalized spacial score (nSPS) is 16.8. The van der Waals surface area contributed by atoms with E-state index in [9.17, 15) is 4.79 Å². The predicted molar refractivity (Wildman–Crippen MR) is 118 cm³/mol. The van der Waals surface area contributed by atoms with Gasteiger partial charge in [0.15, 0.2) is 11.5 Å². The van der Waals surface area contributed by atoms with Crippen LogP contribution in [0.1, 0.15) is 17.2 Å². The Balaban J connectivity index is 1.45. The lowest BCUT2D eigenvalue weighted by Crippen LogP contribution is -2.40. The average molecular weight is 409 g/mol. The van der Waals surface area contributed by atoms with E-state index in [1.54, 1.807) is 4.90 Å². The molecule has 0 fully saturated rings. The average Bonchev–Trinajstić information content (AvgIpc) is 3.27. The molecular formula is C26H19NO4. The highest BCUT2D eigenvalue weighted by Gasteiger charge is 2.37. The second-order valence-electron chi connectivity index (χ2n) is 7.69. The molecule has 0 radical (unpaired) electrons. The number of carbonyl (C=O) groups excluding carboxylic acids is 1. The van der Waals surface area contributed by atoms with Crippen LogP contribution in [0.3, 0.4) is 0 Å². The third kappa shape index (κ3) is 3.06. The zero-order chi connectivity index (χ0) is 20.8. The van der Waals surface area contributed by atoms with Gasteiger partial charge in [-0.25, -0.2) is 0 Å². The molecule has 0 saturated carbocycles. The Bertz CT molecular complexity index is 1300. The van der Waals surface area contributed by atoms with Crippen LogP contribution in [0.5, 0.6) is 17.2 Å². The second-order valence-corrected chi connectivity index (χ2v) is 7.69. The number of benzene rings is 4. The van der Waals surface area contributed by atoms with E-state index in [2.05, 4.69) is 6.07 Å². The van der Waals surface area contributed by atoms with Crippen LogP contribution in [0.15, 0.2) is 84.9 Å². The van der Waals surface area contributed by atoms with Gasteiger partial charge in [0, 0.05) is 17.7 Å². The molecule has 0 aromatic heterocycles. The topological polar surface area (TPSA) is 48.0 Å². The Morgan fingerprint density at radius 3 is 2.35 bits per heavy atom. The number of nitrogens with zero attached hydrogens (tertiary/aromatic N) is 1. The fourth-order valence-electron chi connectivity index (χ4n) is 4.17. The van der Waals surface area contributed by atoms with Crippen LogP contribution in [0.4, 0.5) is 5.69 Å². The van der Waals surface area contributed by atoms with Gasteiger partial charge in [0.2, 0.25) is 12.9 Å². The van der Waals surface area contributed by atoms with Crippen molar-refractivity contribution in [2.24, 2.45) is 0 Å². The molecule has 0 N–H and O–H groups in total. The Morgan fingerprint density at radius 2 is 1.52 bits per heavy atom. The van der Waals surface area contributed by atoms with Crippen molar-refractivity contribution >= 4 is 22.4 Å². The van der Waals surface area contributed by atoms with E-state index < -0.39 is 6.10 Å². The summed E-state index contributed by atoms with van der Waals surface area (Å²) in [5.41, 5.74) is 2.55. The van der Waals surface area contributed by atoms with E-state index >= 15 is 0 Å². The SMILES string of the molecule is O=C1C(c2ccc3ccccc3c2)Oc2cc3c(cc2N1Cc1ccccc1)OCO3. The van der Waals surface area contributed by atoms with Crippen LogP contribution in [0, 0.1) is 0 Å². The summed E-state index contributed by atoms with van der Waals surface area (Å²) in [7, 11) is 0. The van der Waals surface area contributed by atoms with Gasteiger partial charge in [-0.1, -0.05) is 66.7 Å². The first-order valence-electron chi connectivity index (χ1n) is 10.2. The molecule has 5 heteroatoms. The molecule has 2 aliphatic rings. The lowest BCUT2D eigenvalue weighted by molar-refractivity contribution is -0.126. The second kappa shape index (κ2) is 7.06. The Hall–Kier alpha value is -3.99. The monoisotopic (exact) mass is 409 g/mol. The lowest BCUT2D eigenvalue weighted by Gasteiger charge is -2.35. The first kappa shape index (κ1) is 17.8. The summed E-state index contributed by atoms with van der Waals surface area (Å²) in [6.45, 7) is 0.610. The number of hydrogen-bond donors (Lipinski definition) is 0.